The Balaban J connectivity index is 5.92. The van der Waals surface area contributed by atoms with E-state index in [9.17, 15) is 4.57 Å². The van der Waals surface area contributed by atoms with Gasteiger partial charge in [-0.25, -0.2) is 4.57 Å². The minimum Gasteiger partial charge on any atom is -0.302 e. The molecule has 0 saturated carbocycles. The van der Waals surface area contributed by atoms with Crippen LogP contribution in [0.15, 0.2) is 0 Å². The minimum atomic E-state index is -4.45. The molecule has 0 aromatic carbocycles. The summed E-state index contributed by atoms with van der Waals surface area (Å²) in [5.74, 6) is 0. The Morgan fingerprint density at radius 3 is 1.38 bits per heavy atom. The topological polar surface area (TPSA) is 35.5 Å². The SMILES string of the molecule is CCCC[P+](CCCC)(CCCC)C(F)(F)P(=O)(OCC)OCC. The van der Waals surface area contributed by atoms with Crippen molar-refractivity contribution in [2.24, 2.45) is 0 Å². The van der Waals surface area contributed by atoms with Crippen molar-refractivity contribution in [2.45, 2.75) is 78.5 Å². The number of halogens is 2. The van der Waals surface area contributed by atoms with Crippen LogP contribution in [0.2, 0.25) is 0 Å². The molecular formula is C17H37F2O3P2+. The minimum absolute atomic E-state index is 0.0256. The summed E-state index contributed by atoms with van der Waals surface area (Å²) in [5, 5.41) is -3.36. The Labute approximate surface area is 148 Å². The second-order valence-corrected chi connectivity index (χ2v) is 12.8. The van der Waals surface area contributed by atoms with Crippen LogP contribution in [-0.4, -0.2) is 37.1 Å². The summed E-state index contributed by atoms with van der Waals surface area (Å²) in [6, 6.07) is 0. The maximum absolute atomic E-state index is 15.7. The lowest BCUT2D eigenvalue weighted by molar-refractivity contribution is 0.104. The van der Waals surface area contributed by atoms with Crippen molar-refractivity contribution in [3.63, 3.8) is 0 Å². The van der Waals surface area contributed by atoms with Crippen LogP contribution in [0.5, 0.6) is 0 Å². The van der Waals surface area contributed by atoms with Crippen LogP contribution in [0.4, 0.5) is 8.78 Å². The van der Waals surface area contributed by atoms with Gasteiger partial charge in [0.25, 0.3) is 0 Å². The molecule has 0 saturated heterocycles. The summed E-state index contributed by atoms with van der Waals surface area (Å²) in [6.07, 6.45) is 6.25. The van der Waals surface area contributed by atoms with E-state index in [-0.39, 0.29) is 13.2 Å². The van der Waals surface area contributed by atoms with Gasteiger partial charge in [-0.1, -0.05) is 40.0 Å². The zero-order valence-corrected chi connectivity index (χ0v) is 17.9. The second-order valence-electron chi connectivity index (χ2n) is 6.22. The van der Waals surface area contributed by atoms with Gasteiger partial charge >= 0.3 is 13.0 Å². The van der Waals surface area contributed by atoms with Gasteiger partial charge in [0.2, 0.25) is 0 Å². The molecule has 7 heteroatoms. The van der Waals surface area contributed by atoms with E-state index >= 15 is 8.78 Å². The smallest absolute Gasteiger partial charge is 0.302 e. The van der Waals surface area contributed by atoms with Gasteiger partial charge in [0.1, 0.15) is 7.26 Å². The van der Waals surface area contributed by atoms with Gasteiger partial charge in [-0.15, -0.1) is 0 Å². The summed E-state index contributed by atoms with van der Waals surface area (Å²) >= 11 is 0. The van der Waals surface area contributed by atoms with Crippen LogP contribution in [0, 0.1) is 0 Å². The predicted molar refractivity (Wildman–Crippen MR) is 102 cm³/mol. The van der Waals surface area contributed by atoms with Gasteiger partial charge in [-0.2, -0.15) is 8.78 Å². The lowest BCUT2D eigenvalue weighted by atomic mass is 10.4. The lowest BCUT2D eigenvalue weighted by Gasteiger charge is -2.37. The third-order valence-electron chi connectivity index (χ3n) is 4.32. The standard InChI is InChI=1S/C17H37F2O3P2/c1-6-11-14-23(15-12-7-2,16-13-8-3)17(18,19)24(20,21-9-4)22-10-5/h6-16H2,1-5H3/q+1. The normalized spacial score (nSPS) is 13.5. The van der Waals surface area contributed by atoms with Crippen LogP contribution in [-0.2, 0) is 13.6 Å². The molecule has 0 fully saturated rings. The average molecular weight is 389 g/mol. The van der Waals surface area contributed by atoms with E-state index in [0.29, 0.717) is 18.5 Å². The monoisotopic (exact) mass is 389 g/mol. The highest BCUT2D eigenvalue weighted by atomic mass is 31.2. The Bertz CT molecular complexity index is 347. The molecule has 0 radical (unpaired) electrons. The molecule has 0 rings (SSSR count). The van der Waals surface area contributed by atoms with Crippen LogP contribution < -0.4 is 0 Å². The molecule has 0 aliphatic rings. The fourth-order valence-corrected chi connectivity index (χ4v) is 11.5. The summed E-state index contributed by atoms with van der Waals surface area (Å²) < 4.78 is 54.5. The highest BCUT2D eigenvalue weighted by Crippen LogP contribution is 2.84. The van der Waals surface area contributed by atoms with Crippen molar-refractivity contribution in [2.75, 3.05) is 31.7 Å². The highest BCUT2D eigenvalue weighted by Gasteiger charge is 2.72. The van der Waals surface area contributed by atoms with Crippen molar-refractivity contribution in [1.82, 2.24) is 0 Å². The van der Waals surface area contributed by atoms with E-state index in [4.69, 9.17) is 9.05 Å². The number of hydrogen-bond acceptors (Lipinski definition) is 3. The van der Waals surface area contributed by atoms with Crippen molar-refractivity contribution < 1.29 is 22.4 Å². The molecule has 0 aromatic rings. The predicted octanol–water partition coefficient (Wildman–Crippen LogP) is 7.22. The summed E-state index contributed by atoms with van der Waals surface area (Å²) in [7, 11) is -7.22. The molecule has 0 aliphatic heterocycles. The molecule has 0 unspecified atom stereocenters. The number of hydrogen-bond donors (Lipinski definition) is 0. The molecule has 0 aliphatic carbocycles. The van der Waals surface area contributed by atoms with E-state index < -0.39 is 20.3 Å². The summed E-state index contributed by atoms with van der Waals surface area (Å²) in [5.41, 5.74) is 0. The first-order chi connectivity index (χ1) is 11.3. The molecule has 0 aromatic heterocycles. The van der Waals surface area contributed by atoms with Crippen LogP contribution in [0.1, 0.15) is 73.1 Å². The zero-order valence-electron chi connectivity index (χ0n) is 16.2. The fraction of sp³-hybridized carbons (Fsp3) is 1.00. The number of alkyl halides is 2. The summed E-state index contributed by atoms with van der Waals surface area (Å²) in [4.78, 5) is 0. The molecule has 0 N–H and O–H groups in total. The molecule has 146 valence electrons. The largest absolute Gasteiger partial charge is 0.451 e. The molecule has 3 nitrogen and oxygen atoms in total. The van der Waals surface area contributed by atoms with E-state index in [1.807, 2.05) is 20.8 Å². The Hall–Kier alpha value is 0.440. The van der Waals surface area contributed by atoms with E-state index in [1.54, 1.807) is 13.8 Å². The van der Waals surface area contributed by atoms with Crippen molar-refractivity contribution >= 4 is 14.9 Å². The van der Waals surface area contributed by atoms with Crippen molar-refractivity contribution in [1.29, 1.82) is 0 Å². The first-order valence-electron chi connectivity index (χ1n) is 9.43. The highest BCUT2D eigenvalue weighted by molar-refractivity contribution is 7.86. The lowest BCUT2D eigenvalue weighted by Crippen LogP contribution is -2.30. The Morgan fingerprint density at radius 2 is 1.12 bits per heavy atom. The van der Waals surface area contributed by atoms with Crippen LogP contribution >= 0.6 is 14.9 Å². The van der Waals surface area contributed by atoms with Gasteiger partial charge in [-0.05, 0) is 33.1 Å². The maximum atomic E-state index is 15.7. The summed E-state index contributed by atoms with van der Waals surface area (Å²) in [6.45, 7) is 9.16. The van der Waals surface area contributed by atoms with Crippen molar-refractivity contribution in [3.05, 3.63) is 0 Å². The van der Waals surface area contributed by atoms with Crippen LogP contribution in [0.25, 0.3) is 0 Å². The molecule has 0 amide bonds. The maximum Gasteiger partial charge on any atom is 0.451 e. The van der Waals surface area contributed by atoms with Crippen molar-refractivity contribution in [3.8, 4) is 0 Å². The number of unbranched alkanes of at least 4 members (excludes halogenated alkanes) is 3. The van der Waals surface area contributed by atoms with Gasteiger partial charge in [0.15, 0.2) is 0 Å². The Kier molecular flexibility index (Phi) is 12.2. The molecule has 0 bridgehead atoms. The van der Waals surface area contributed by atoms with Gasteiger partial charge in [-0.3, -0.25) is 0 Å². The first kappa shape index (κ1) is 24.4. The molecule has 0 spiro atoms. The third-order valence-corrected chi connectivity index (χ3v) is 12.8. The average Bonchev–Trinajstić information content (AvgIpc) is 2.54. The molecular weight excluding hydrogens is 352 g/mol. The Morgan fingerprint density at radius 1 is 0.792 bits per heavy atom. The molecule has 24 heavy (non-hydrogen) atoms. The van der Waals surface area contributed by atoms with Crippen LogP contribution in [0.3, 0.4) is 0 Å². The number of rotatable bonds is 15. The van der Waals surface area contributed by atoms with E-state index in [0.717, 1.165) is 38.5 Å². The van der Waals surface area contributed by atoms with Gasteiger partial charge in [0.05, 0.1) is 31.7 Å². The fourth-order valence-electron chi connectivity index (χ4n) is 2.91. The van der Waals surface area contributed by atoms with Gasteiger partial charge in [0, 0.05) is 0 Å². The molecule has 0 atom stereocenters. The molecule has 0 heterocycles. The van der Waals surface area contributed by atoms with Gasteiger partial charge < -0.3 is 9.05 Å². The van der Waals surface area contributed by atoms with E-state index in [2.05, 4.69) is 0 Å². The quantitative estimate of drug-likeness (QED) is 0.277. The second kappa shape index (κ2) is 11.9. The third kappa shape index (κ3) is 6.01. The first-order valence-corrected chi connectivity index (χ1v) is 13.3. The zero-order chi connectivity index (χ0) is 18.7. The van der Waals surface area contributed by atoms with E-state index in [1.165, 1.54) is 0 Å².